The SMILES string of the molecule is [CH3][Hg][CH2]C(=O)[O][Hg][CH3]. The predicted molar refractivity (Wildman–Crippen MR) is 22.6 cm³/mol. The van der Waals surface area contributed by atoms with Crippen molar-refractivity contribution in [2.24, 2.45) is 0 Å². The molecule has 0 aliphatic rings. The van der Waals surface area contributed by atoms with Crippen molar-refractivity contribution in [2.45, 2.75) is 12.8 Å². The summed E-state index contributed by atoms with van der Waals surface area (Å²) in [7, 11) is 0. The summed E-state index contributed by atoms with van der Waals surface area (Å²) in [5.74, 6) is 0.110. The minimum absolute atomic E-state index is 0.110. The summed E-state index contributed by atoms with van der Waals surface area (Å²) in [6.45, 7) is 0. The maximum absolute atomic E-state index is 10.5. The molecule has 2 nitrogen and oxygen atoms in total. The summed E-state index contributed by atoms with van der Waals surface area (Å²) in [5, 5.41) is 0. The van der Waals surface area contributed by atoms with E-state index >= 15 is 0 Å². The van der Waals surface area contributed by atoms with Gasteiger partial charge in [-0.2, -0.15) is 0 Å². The molecule has 0 saturated heterocycles. The maximum atomic E-state index is 10.5. The first kappa shape index (κ1) is 9.34. The van der Waals surface area contributed by atoms with Crippen LogP contribution in [0.2, 0.25) is 12.8 Å². The van der Waals surface area contributed by atoms with Crippen LogP contribution in [0.25, 0.3) is 0 Å². The molecule has 0 N–H and O–H groups in total. The van der Waals surface area contributed by atoms with Gasteiger partial charge in [0.05, 0.1) is 0 Å². The molecule has 0 aromatic rings. The van der Waals surface area contributed by atoms with Crippen LogP contribution in [-0.2, 0) is 57.0 Å². The summed E-state index contributed by atoms with van der Waals surface area (Å²) < 4.78 is 10.0. The average Bonchev–Trinajstić information content (AvgIpc) is 1.68. The van der Waals surface area contributed by atoms with Crippen molar-refractivity contribution in [3.63, 3.8) is 0 Å². The second kappa shape index (κ2) is 6.46. The van der Waals surface area contributed by atoms with Gasteiger partial charge in [0.1, 0.15) is 0 Å². The molecule has 40 valence electrons. The first-order valence-electron chi connectivity index (χ1n) is 2.96. The van der Waals surface area contributed by atoms with E-state index < -0.39 is 49.6 Å². The third kappa shape index (κ3) is 5.48. The number of carbonyl (C=O) groups is 1. The van der Waals surface area contributed by atoms with E-state index in [4.69, 9.17) is 2.64 Å². The van der Waals surface area contributed by atoms with Gasteiger partial charge < -0.3 is 0 Å². The molecule has 4 heteroatoms. The van der Waals surface area contributed by atoms with E-state index in [1.54, 1.807) is 0 Å². The van der Waals surface area contributed by atoms with Crippen LogP contribution >= 0.6 is 0 Å². The number of carbonyl (C=O) groups excluding carboxylic acids is 1. The molecule has 0 aliphatic carbocycles. The molecule has 0 spiro atoms. The Morgan fingerprint density at radius 1 is 1.62 bits per heavy atom. The van der Waals surface area contributed by atoms with E-state index in [2.05, 4.69) is 8.86 Å². The van der Waals surface area contributed by atoms with E-state index in [9.17, 15) is 4.79 Å². The average molecular weight is 489 g/mol. The molecule has 0 atom stereocenters. The van der Waals surface area contributed by atoms with Crippen LogP contribution in [0, 0.1) is 0 Å². The summed E-state index contributed by atoms with van der Waals surface area (Å²) in [4.78, 5) is 10.5. The topological polar surface area (TPSA) is 26.3 Å². The zero-order valence-electron chi connectivity index (χ0n) is 5.44. The monoisotopic (exact) mass is 492 g/mol. The Labute approximate surface area is 74.9 Å². The standard InChI is InChI=1S/C2H3O2.2CH3.2Hg/c1-2(3)4;;;;/h1H2,(H,3,4);2*1H3;;/q;;;;+1/p-1. The van der Waals surface area contributed by atoms with Crippen LogP contribution in [0.1, 0.15) is 0 Å². The van der Waals surface area contributed by atoms with E-state index in [-0.39, 0.29) is 5.97 Å². The minimum atomic E-state index is -1.07. The number of hydrogen-bond acceptors (Lipinski definition) is 2. The van der Waals surface area contributed by atoms with Gasteiger partial charge in [0.25, 0.3) is 0 Å². The third-order valence-corrected chi connectivity index (χ3v) is 6.66. The van der Waals surface area contributed by atoms with Crippen LogP contribution in [0.15, 0.2) is 0 Å². The molecular formula is C4H8Hg2O2. The first-order valence-corrected chi connectivity index (χ1v) is 20.1. The fraction of sp³-hybridized carbons (Fsp3) is 0.750. The normalized spacial score (nSPS) is 6.75. The van der Waals surface area contributed by atoms with Gasteiger partial charge in [-0.05, 0) is 0 Å². The van der Waals surface area contributed by atoms with Crippen LogP contribution in [-0.4, -0.2) is 5.97 Å². The Morgan fingerprint density at radius 3 is 2.62 bits per heavy atom. The molecule has 0 unspecified atom stereocenters. The zero-order chi connectivity index (χ0) is 6.41. The Morgan fingerprint density at radius 2 is 2.25 bits per heavy atom. The van der Waals surface area contributed by atoms with Gasteiger partial charge in [0, 0.05) is 0 Å². The summed E-state index contributed by atoms with van der Waals surface area (Å²) >= 11 is -1.76. The van der Waals surface area contributed by atoms with E-state index in [1.165, 1.54) is 0 Å². The van der Waals surface area contributed by atoms with Crippen molar-refractivity contribution < 1.29 is 57.0 Å². The van der Waals surface area contributed by atoms with Gasteiger partial charge in [-0.3, -0.25) is 0 Å². The van der Waals surface area contributed by atoms with Crippen molar-refractivity contribution >= 4 is 5.97 Å². The van der Waals surface area contributed by atoms with Crippen molar-refractivity contribution in [1.82, 2.24) is 0 Å². The zero-order valence-corrected chi connectivity index (χ0v) is 16.4. The third-order valence-electron chi connectivity index (χ3n) is 0.759. The molecule has 0 rings (SSSR count). The molecule has 0 aromatic heterocycles. The predicted octanol–water partition coefficient (Wildman–Crippen LogP) is 1.12. The fourth-order valence-electron chi connectivity index (χ4n) is 0.437. The molecule has 0 amide bonds. The molecule has 0 saturated carbocycles. The number of rotatable bonds is 3. The molecule has 0 fully saturated rings. The summed E-state index contributed by atoms with van der Waals surface area (Å²) in [6.07, 6.45) is 0. The van der Waals surface area contributed by atoms with Crippen molar-refractivity contribution in [3.05, 3.63) is 0 Å². The summed E-state index contributed by atoms with van der Waals surface area (Å²) in [6, 6.07) is 0. The van der Waals surface area contributed by atoms with Gasteiger partial charge in [-0.25, -0.2) is 0 Å². The van der Waals surface area contributed by atoms with Crippen LogP contribution in [0.4, 0.5) is 0 Å². The van der Waals surface area contributed by atoms with E-state index in [0.29, 0.717) is 0 Å². The Hall–Kier alpha value is 1.34. The van der Waals surface area contributed by atoms with Crippen LogP contribution < -0.4 is 0 Å². The number of hydrogen-bond donors (Lipinski definition) is 0. The summed E-state index contributed by atoms with van der Waals surface area (Å²) in [5.41, 5.74) is 0. The van der Waals surface area contributed by atoms with Gasteiger partial charge >= 0.3 is 75.8 Å². The van der Waals surface area contributed by atoms with E-state index in [0.717, 1.165) is 3.93 Å². The Bertz CT molecular complexity index is 66.4. The molecule has 0 radical (unpaired) electrons. The Balaban J connectivity index is 3.06. The Kier molecular flexibility index (Phi) is 7.54. The van der Waals surface area contributed by atoms with Crippen LogP contribution in [0.5, 0.6) is 0 Å². The quantitative estimate of drug-likeness (QED) is 0.556. The van der Waals surface area contributed by atoms with Gasteiger partial charge in [-0.1, -0.05) is 0 Å². The van der Waals surface area contributed by atoms with Gasteiger partial charge in [0.2, 0.25) is 0 Å². The molecule has 0 heterocycles. The molecule has 0 aliphatic heterocycles. The second-order valence-electron chi connectivity index (χ2n) is 1.56. The van der Waals surface area contributed by atoms with Crippen molar-refractivity contribution in [3.8, 4) is 0 Å². The molecule has 0 bridgehead atoms. The van der Waals surface area contributed by atoms with E-state index in [1.807, 2.05) is 0 Å². The van der Waals surface area contributed by atoms with Gasteiger partial charge in [-0.15, -0.1) is 0 Å². The van der Waals surface area contributed by atoms with Crippen molar-refractivity contribution in [1.29, 1.82) is 0 Å². The second-order valence-corrected chi connectivity index (χ2v) is 10.8. The molecule has 0 aromatic carbocycles. The van der Waals surface area contributed by atoms with Crippen molar-refractivity contribution in [2.75, 3.05) is 0 Å². The molecular weight excluding hydrogens is 481 g/mol. The fourth-order valence-corrected chi connectivity index (χ4v) is 8.76. The van der Waals surface area contributed by atoms with Gasteiger partial charge in [0.15, 0.2) is 0 Å². The van der Waals surface area contributed by atoms with Crippen LogP contribution in [0.3, 0.4) is 0 Å². The first-order chi connectivity index (χ1) is 3.81. The molecule has 8 heavy (non-hydrogen) atoms.